The highest BCUT2D eigenvalue weighted by atomic mass is 19.2. The fourth-order valence-electron chi connectivity index (χ4n) is 7.08. The Balaban J connectivity index is 1.20. The largest absolute Gasteiger partial charge is 0.491 e. The molecule has 0 spiro atoms. The van der Waals surface area contributed by atoms with Crippen LogP contribution in [0.2, 0.25) is 0 Å². The van der Waals surface area contributed by atoms with Crippen LogP contribution in [-0.4, -0.2) is 13.2 Å². The summed E-state index contributed by atoms with van der Waals surface area (Å²) in [6.07, 6.45) is 7.13. The molecular formula is C35H38F6O2. The quantitative estimate of drug-likeness (QED) is 0.226. The normalized spacial score (nSPS) is 22.4. The standard InChI is InChI=1S/C35H38F6O2/c1-3-19-43-29-18-16-27(33(39)35(29)41)26-14-13-24(30(36)32(26)38)22-9-5-20(6-10-22)21-7-11-23(12-8-21)25-15-17-28(42-4-2)34(40)31(25)37/h13-18,20-23H,3-12,19H2,1-2H3. The molecule has 2 fully saturated rings. The molecule has 2 saturated carbocycles. The first-order chi connectivity index (χ1) is 20.7. The summed E-state index contributed by atoms with van der Waals surface area (Å²) < 4.78 is 99.3. The van der Waals surface area contributed by atoms with Crippen LogP contribution >= 0.6 is 0 Å². The highest BCUT2D eigenvalue weighted by molar-refractivity contribution is 5.66. The van der Waals surface area contributed by atoms with E-state index in [-0.39, 0.29) is 53.2 Å². The molecule has 0 radical (unpaired) electrons. The first-order valence-corrected chi connectivity index (χ1v) is 15.4. The van der Waals surface area contributed by atoms with Crippen molar-refractivity contribution in [2.45, 2.75) is 83.5 Å². The van der Waals surface area contributed by atoms with Crippen LogP contribution < -0.4 is 9.47 Å². The molecule has 0 aromatic heterocycles. The van der Waals surface area contributed by atoms with Gasteiger partial charge in [-0.05, 0) is 118 Å². The van der Waals surface area contributed by atoms with Crippen molar-refractivity contribution in [1.82, 2.24) is 0 Å². The van der Waals surface area contributed by atoms with Crippen molar-refractivity contribution < 1.29 is 35.8 Å². The average Bonchev–Trinajstić information content (AvgIpc) is 3.02. The lowest BCUT2D eigenvalue weighted by Crippen LogP contribution is -2.25. The summed E-state index contributed by atoms with van der Waals surface area (Å²) in [7, 11) is 0. The number of benzene rings is 3. The summed E-state index contributed by atoms with van der Waals surface area (Å²) >= 11 is 0. The number of hydrogen-bond donors (Lipinski definition) is 0. The molecule has 2 aliphatic carbocycles. The number of halogens is 6. The second-order valence-corrected chi connectivity index (χ2v) is 11.9. The molecule has 8 heteroatoms. The molecule has 0 aliphatic heterocycles. The van der Waals surface area contributed by atoms with Gasteiger partial charge in [-0.15, -0.1) is 0 Å². The van der Waals surface area contributed by atoms with E-state index in [2.05, 4.69) is 0 Å². The van der Waals surface area contributed by atoms with E-state index in [1.54, 1.807) is 13.0 Å². The van der Waals surface area contributed by atoms with E-state index >= 15 is 8.78 Å². The Hall–Kier alpha value is -3.16. The minimum Gasteiger partial charge on any atom is -0.491 e. The predicted octanol–water partition coefficient (Wildman–Crippen LogP) is 10.6. The zero-order valence-electron chi connectivity index (χ0n) is 24.6. The summed E-state index contributed by atoms with van der Waals surface area (Å²) in [5.41, 5.74) is -0.00177. The second-order valence-electron chi connectivity index (χ2n) is 11.9. The summed E-state index contributed by atoms with van der Waals surface area (Å²) in [5.74, 6) is -6.07. The minimum atomic E-state index is -1.27. The van der Waals surface area contributed by atoms with E-state index < -0.39 is 34.9 Å². The number of hydrogen-bond acceptors (Lipinski definition) is 2. The van der Waals surface area contributed by atoms with Crippen molar-refractivity contribution in [1.29, 1.82) is 0 Å². The summed E-state index contributed by atoms with van der Waals surface area (Å²) in [5, 5.41) is 0. The molecule has 5 rings (SSSR count). The van der Waals surface area contributed by atoms with Crippen LogP contribution in [0.15, 0.2) is 36.4 Å². The Morgan fingerprint density at radius 2 is 0.930 bits per heavy atom. The maximum Gasteiger partial charge on any atom is 0.201 e. The molecule has 0 bridgehead atoms. The van der Waals surface area contributed by atoms with Crippen molar-refractivity contribution in [3.8, 4) is 22.6 Å². The van der Waals surface area contributed by atoms with Gasteiger partial charge in [0.15, 0.2) is 34.8 Å². The third-order valence-electron chi connectivity index (χ3n) is 9.38. The van der Waals surface area contributed by atoms with Gasteiger partial charge in [-0.3, -0.25) is 0 Å². The molecule has 0 N–H and O–H groups in total. The van der Waals surface area contributed by atoms with Crippen molar-refractivity contribution in [3.63, 3.8) is 0 Å². The summed E-state index contributed by atoms with van der Waals surface area (Å²) in [6, 6.07) is 8.41. The van der Waals surface area contributed by atoms with Gasteiger partial charge in [-0.1, -0.05) is 25.1 Å². The van der Waals surface area contributed by atoms with Gasteiger partial charge in [0.2, 0.25) is 11.6 Å². The van der Waals surface area contributed by atoms with Gasteiger partial charge in [0, 0.05) is 11.1 Å². The Morgan fingerprint density at radius 3 is 1.47 bits per heavy atom. The van der Waals surface area contributed by atoms with Crippen molar-refractivity contribution in [2.24, 2.45) is 11.8 Å². The van der Waals surface area contributed by atoms with Crippen molar-refractivity contribution in [2.75, 3.05) is 13.2 Å². The fraction of sp³-hybridized carbons (Fsp3) is 0.486. The van der Waals surface area contributed by atoms with Gasteiger partial charge in [-0.2, -0.15) is 8.78 Å². The van der Waals surface area contributed by atoms with E-state index in [1.165, 1.54) is 30.3 Å². The Morgan fingerprint density at radius 1 is 0.512 bits per heavy atom. The van der Waals surface area contributed by atoms with Crippen LogP contribution in [-0.2, 0) is 0 Å². The first kappa shape index (κ1) is 31.3. The van der Waals surface area contributed by atoms with Gasteiger partial charge < -0.3 is 9.47 Å². The van der Waals surface area contributed by atoms with Gasteiger partial charge in [0.25, 0.3) is 0 Å². The lowest BCUT2D eigenvalue weighted by atomic mass is 9.67. The SMILES string of the molecule is CCCOc1ccc(-c2ccc(C3CCC(C4CCC(c5ccc(OCC)c(F)c5F)CC4)CC3)c(F)c2F)c(F)c1F. The lowest BCUT2D eigenvalue weighted by molar-refractivity contribution is 0.175. The van der Waals surface area contributed by atoms with Gasteiger partial charge in [-0.25, -0.2) is 17.6 Å². The molecule has 2 nitrogen and oxygen atoms in total. The smallest absolute Gasteiger partial charge is 0.201 e. The highest BCUT2D eigenvalue weighted by Gasteiger charge is 2.34. The third kappa shape index (κ3) is 6.39. The molecule has 0 saturated heterocycles. The molecule has 3 aromatic carbocycles. The monoisotopic (exact) mass is 604 g/mol. The summed E-state index contributed by atoms with van der Waals surface area (Å²) in [4.78, 5) is 0. The predicted molar refractivity (Wildman–Crippen MR) is 154 cm³/mol. The third-order valence-corrected chi connectivity index (χ3v) is 9.38. The average molecular weight is 605 g/mol. The molecule has 3 aromatic rings. The lowest BCUT2D eigenvalue weighted by Gasteiger charge is -2.38. The number of ether oxygens (including phenoxy) is 2. The van der Waals surface area contributed by atoms with Crippen LogP contribution in [0.25, 0.3) is 11.1 Å². The minimum absolute atomic E-state index is 0.0354. The molecule has 43 heavy (non-hydrogen) atoms. The molecule has 0 unspecified atom stereocenters. The topological polar surface area (TPSA) is 18.5 Å². The Kier molecular flexibility index (Phi) is 9.92. The van der Waals surface area contributed by atoms with Crippen molar-refractivity contribution in [3.05, 3.63) is 82.4 Å². The zero-order chi connectivity index (χ0) is 30.7. The van der Waals surface area contributed by atoms with E-state index in [0.29, 0.717) is 36.7 Å². The molecule has 0 atom stereocenters. The molecule has 0 amide bonds. The van der Waals surface area contributed by atoms with Crippen LogP contribution in [0.4, 0.5) is 26.3 Å². The molecule has 232 valence electrons. The Bertz CT molecular complexity index is 1420. The van der Waals surface area contributed by atoms with E-state index in [9.17, 15) is 17.6 Å². The summed E-state index contributed by atoms with van der Waals surface area (Å²) in [6.45, 7) is 4.03. The van der Waals surface area contributed by atoms with Gasteiger partial charge >= 0.3 is 0 Å². The van der Waals surface area contributed by atoms with Crippen LogP contribution in [0.5, 0.6) is 11.5 Å². The zero-order valence-corrected chi connectivity index (χ0v) is 24.6. The Labute approximate surface area is 249 Å². The van der Waals surface area contributed by atoms with Crippen LogP contribution in [0, 0.1) is 46.7 Å². The second kappa shape index (κ2) is 13.6. The van der Waals surface area contributed by atoms with E-state index in [4.69, 9.17) is 9.47 Å². The van der Waals surface area contributed by atoms with E-state index in [0.717, 1.165) is 38.5 Å². The van der Waals surface area contributed by atoms with Crippen molar-refractivity contribution >= 4 is 0 Å². The van der Waals surface area contributed by atoms with Gasteiger partial charge in [0.05, 0.1) is 13.2 Å². The maximum absolute atomic E-state index is 15.3. The maximum atomic E-state index is 15.3. The highest BCUT2D eigenvalue weighted by Crippen LogP contribution is 2.47. The first-order valence-electron chi connectivity index (χ1n) is 15.4. The van der Waals surface area contributed by atoms with Crippen LogP contribution in [0.1, 0.15) is 94.6 Å². The molecule has 0 heterocycles. The van der Waals surface area contributed by atoms with Gasteiger partial charge in [0.1, 0.15) is 0 Å². The van der Waals surface area contributed by atoms with E-state index in [1.807, 2.05) is 6.92 Å². The molecule has 2 aliphatic rings. The number of rotatable bonds is 9. The fourth-order valence-corrected chi connectivity index (χ4v) is 7.08. The van der Waals surface area contributed by atoms with Crippen LogP contribution in [0.3, 0.4) is 0 Å². The molecular weight excluding hydrogens is 566 g/mol.